The number of nitrogens with zero attached hydrogens (tertiary/aromatic N) is 3. The van der Waals surface area contributed by atoms with Gasteiger partial charge in [-0.1, -0.05) is 0 Å². The van der Waals surface area contributed by atoms with Gasteiger partial charge in [-0.2, -0.15) is 5.10 Å². The van der Waals surface area contributed by atoms with E-state index in [4.69, 9.17) is 10.5 Å². The molecule has 3 N–H and O–H groups in total. The third kappa shape index (κ3) is 4.24. The van der Waals surface area contributed by atoms with Gasteiger partial charge < -0.3 is 20.3 Å². The zero-order valence-corrected chi connectivity index (χ0v) is 21.3. The number of piperidine rings is 1. The molecule has 2 fully saturated rings. The maximum atomic E-state index is 13.7. The SMILES string of the molecule is COc1cc(N2CCC3(CCN(C(=O)c4c(C)cc(C(N)=O)cc4C)CC3)C2=O)ccc1-c1cn[nH]c1. The molecule has 192 valence electrons. The first-order valence-corrected chi connectivity index (χ1v) is 12.4. The number of aromatic nitrogens is 2. The number of anilines is 1. The van der Waals surface area contributed by atoms with Crippen molar-refractivity contribution < 1.29 is 19.1 Å². The van der Waals surface area contributed by atoms with E-state index in [1.807, 2.05) is 41.8 Å². The van der Waals surface area contributed by atoms with Crippen molar-refractivity contribution in [3.05, 3.63) is 65.0 Å². The molecule has 9 nitrogen and oxygen atoms in total. The molecule has 0 radical (unpaired) electrons. The molecule has 3 aromatic rings. The van der Waals surface area contributed by atoms with Crippen molar-refractivity contribution >= 4 is 23.4 Å². The van der Waals surface area contributed by atoms with E-state index < -0.39 is 11.3 Å². The lowest BCUT2D eigenvalue weighted by molar-refractivity contribution is -0.127. The van der Waals surface area contributed by atoms with Crippen LogP contribution in [0.4, 0.5) is 5.69 Å². The van der Waals surface area contributed by atoms with Gasteiger partial charge in [0.25, 0.3) is 5.91 Å². The minimum absolute atomic E-state index is 0.0669. The van der Waals surface area contributed by atoms with Crippen molar-refractivity contribution in [2.75, 3.05) is 31.6 Å². The van der Waals surface area contributed by atoms with Gasteiger partial charge in [-0.25, -0.2) is 0 Å². The smallest absolute Gasteiger partial charge is 0.254 e. The van der Waals surface area contributed by atoms with Crippen LogP contribution in [0.3, 0.4) is 0 Å². The standard InChI is InChI=1S/C28H31N5O4/c1-17-12-19(25(29)34)13-18(2)24(17)26(35)32-9-6-28(7-10-32)8-11-33(27(28)36)21-4-5-22(23(14-21)37-3)20-15-30-31-16-20/h4-5,12-16H,6-11H2,1-3H3,(H2,29,34)(H,30,31). The van der Waals surface area contributed by atoms with E-state index in [0.29, 0.717) is 49.4 Å². The maximum absolute atomic E-state index is 13.7. The lowest BCUT2D eigenvalue weighted by Gasteiger charge is -2.38. The summed E-state index contributed by atoms with van der Waals surface area (Å²) in [5.74, 6) is 0.211. The number of amides is 3. The first-order valence-electron chi connectivity index (χ1n) is 12.4. The van der Waals surface area contributed by atoms with Crippen LogP contribution in [-0.2, 0) is 4.79 Å². The fraction of sp³-hybridized carbons (Fsp3) is 0.357. The third-order valence-corrected chi connectivity index (χ3v) is 7.86. The maximum Gasteiger partial charge on any atom is 0.254 e. The average molecular weight is 502 g/mol. The number of aromatic amines is 1. The quantitative estimate of drug-likeness (QED) is 0.555. The molecule has 3 heterocycles. The molecule has 0 saturated carbocycles. The fourth-order valence-corrected chi connectivity index (χ4v) is 5.75. The van der Waals surface area contributed by atoms with E-state index in [1.54, 1.807) is 31.6 Å². The van der Waals surface area contributed by atoms with Crippen LogP contribution in [0.25, 0.3) is 11.1 Å². The molecule has 3 amide bonds. The molecule has 2 aromatic carbocycles. The van der Waals surface area contributed by atoms with Gasteiger partial charge in [0.1, 0.15) is 5.75 Å². The van der Waals surface area contributed by atoms with Crippen LogP contribution in [0.5, 0.6) is 5.75 Å². The van der Waals surface area contributed by atoms with Crippen molar-refractivity contribution in [3.8, 4) is 16.9 Å². The Bertz CT molecular complexity index is 1350. The number of H-pyrrole nitrogens is 1. The van der Waals surface area contributed by atoms with Crippen molar-refractivity contribution in [2.45, 2.75) is 33.1 Å². The Labute approximate surface area is 215 Å². The highest BCUT2D eigenvalue weighted by Gasteiger charge is 2.49. The number of hydrogen-bond acceptors (Lipinski definition) is 5. The predicted molar refractivity (Wildman–Crippen MR) is 140 cm³/mol. The summed E-state index contributed by atoms with van der Waals surface area (Å²) in [4.78, 5) is 42.3. The monoisotopic (exact) mass is 501 g/mol. The minimum Gasteiger partial charge on any atom is -0.496 e. The molecule has 2 aliphatic heterocycles. The topological polar surface area (TPSA) is 122 Å². The Morgan fingerprint density at radius 1 is 1.05 bits per heavy atom. The normalized spacial score (nSPS) is 16.9. The summed E-state index contributed by atoms with van der Waals surface area (Å²) in [5.41, 5.74) is 10.0. The first kappa shape index (κ1) is 24.5. The highest BCUT2D eigenvalue weighted by Crippen LogP contribution is 2.44. The zero-order valence-electron chi connectivity index (χ0n) is 21.3. The minimum atomic E-state index is -0.511. The van der Waals surface area contributed by atoms with E-state index in [1.165, 1.54) is 0 Å². The van der Waals surface area contributed by atoms with E-state index in [0.717, 1.165) is 34.4 Å². The molecule has 0 aliphatic carbocycles. The number of likely N-dealkylation sites (tertiary alicyclic amines) is 1. The highest BCUT2D eigenvalue weighted by atomic mass is 16.5. The van der Waals surface area contributed by atoms with Crippen molar-refractivity contribution in [3.63, 3.8) is 0 Å². The van der Waals surface area contributed by atoms with Crippen LogP contribution in [0.15, 0.2) is 42.7 Å². The molecular weight excluding hydrogens is 470 g/mol. The second kappa shape index (κ2) is 9.38. The molecular formula is C28H31N5O4. The Hall–Kier alpha value is -4.14. The van der Waals surface area contributed by atoms with Gasteiger partial charge in [-0.15, -0.1) is 0 Å². The lowest BCUT2D eigenvalue weighted by atomic mass is 9.77. The van der Waals surface area contributed by atoms with Gasteiger partial charge in [-0.3, -0.25) is 19.5 Å². The van der Waals surface area contributed by atoms with Crippen LogP contribution in [-0.4, -0.2) is 59.6 Å². The second-order valence-electron chi connectivity index (χ2n) is 10.0. The van der Waals surface area contributed by atoms with Crippen LogP contribution >= 0.6 is 0 Å². The number of primary amides is 1. The van der Waals surface area contributed by atoms with Gasteiger partial charge in [0.05, 0.1) is 18.7 Å². The number of methoxy groups -OCH3 is 1. The van der Waals surface area contributed by atoms with Gasteiger partial charge in [0.15, 0.2) is 0 Å². The summed E-state index contributed by atoms with van der Waals surface area (Å²) < 4.78 is 5.61. The van der Waals surface area contributed by atoms with Gasteiger partial charge >= 0.3 is 0 Å². The number of carbonyl (C=O) groups excluding carboxylic acids is 3. The number of aryl methyl sites for hydroxylation is 2. The molecule has 1 aromatic heterocycles. The summed E-state index contributed by atoms with van der Waals surface area (Å²) in [5, 5.41) is 6.82. The second-order valence-corrected chi connectivity index (χ2v) is 10.0. The van der Waals surface area contributed by atoms with Crippen LogP contribution < -0.4 is 15.4 Å². The molecule has 1 spiro atoms. The number of nitrogens with two attached hydrogens (primary N) is 1. The highest BCUT2D eigenvalue weighted by molar-refractivity contribution is 6.02. The number of benzene rings is 2. The van der Waals surface area contributed by atoms with Crippen molar-refractivity contribution in [1.29, 1.82) is 0 Å². The molecule has 0 bridgehead atoms. The zero-order chi connectivity index (χ0) is 26.3. The number of nitrogens with one attached hydrogen (secondary N) is 1. The van der Waals surface area contributed by atoms with Gasteiger partial charge in [-0.05, 0) is 68.5 Å². The summed E-state index contributed by atoms with van der Waals surface area (Å²) in [6, 6.07) is 9.13. The average Bonchev–Trinajstić information content (AvgIpc) is 3.53. The third-order valence-electron chi connectivity index (χ3n) is 7.86. The van der Waals surface area contributed by atoms with E-state index in [2.05, 4.69) is 10.2 Å². The van der Waals surface area contributed by atoms with E-state index >= 15 is 0 Å². The molecule has 2 aliphatic rings. The largest absolute Gasteiger partial charge is 0.496 e. The van der Waals surface area contributed by atoms with E-state index in [-0.39, 0.29) is 11.8 Å². The molecule has 5 rings (SSSR count). The molecule has 37 heavy (non-hydrogen) atoms. The van der Waals surface area contributed by atoms with Crippen molar-refractivity contribution in [2.24, 2.45) is 11.1 Å². The lowest BCUT2D eigenvalue weighted by Crippen LogP contribution is -2.47. The number of rotatable bonds is 5. The first-order chi connectivity index (χ1) is 17.7. The molecule has 0 atom stereocenters. The Balaban J connectivity index is 1.30. The number of ether oxygens (including phenoxy) is 1. The molecule has 9 heteroatoms. The Morgan fingerprint density at radius 2 is 1.73 bits per heavy atom. The Morgan fingerprint density at radius 3 is 2.32 bits per heavy atom. The molecule has 0 unspecified atom stereocenters. The van der Waals surface area contributed by atoms with Crippen LogP contribution in [0.1, 0.15) is 51.1 Å². The van der Waals surface area contributed by atoms with Gasteiger partial charge in [0.2, 0.25) is 11.8 Å². The van der Waals surface area contributed by atoms with Gasteiger partial charge in [0, 0.05) is 59.8 Å². The number of carbonyl (C=O) groups is 3. The summed E-state index contributed by atoms with van der Waals surface area (Å²) in [6.07, 6.45) is 5.53. The van der Waals surface area contributed by atoms with Crippen LogP contribution in [0, 0.1) is 19.3 Å². The summed E-state index contributed by atoms with van der Waals surface area (Å²) >= 11 is 0. The van der Waals surface area contributed by atoms with Crippen LogP contribution in [0.2, 0.25) is 0 Å². The van der Waals surface area contributed by atoms with Crippen molar-refractivity contribution in [1.82, 2.24) is 15.1 Å². The summed E-state index contributed by atoms with van der Waals surface area (Å²) in [6.45, 7) is 5.30. The molecule has 2 saturated heterocycles. The fourth-order valence-electron chi connectivity index (χ4n) is 5.75. The number of hydrogen-bond donors (Lipinski definition) is 2. The van der Waals surface area contributed by atoms with E-state index in [9.17, 15) is 14.4 Å². The summed E-state index contributed by atoms with van der Waals surface area (Å²) in [7, 11) is 1.62. The predicted octanol–water partition coefficient (Wildman–Crippen LogP) is 3.46. The Kier molecular flexibility index (Phi) is 6.23.